The number of furan rings is 1. The molecule has 0 aliphatic carbocycles. The predicted octanol–water partition coefficient (Wildman–Crippen LogP) is 4.14. The van der Waals surface area contributed by atoms with Crippen LogP contribution in [-0.2, 0) is 13.0 Å². The Labute approximate surface area is 120 Å². The maximum Gasteiger partial charge on any atom is 0.134 e. The molecule has 3 heteroatoms. The number of aryl methyl sites for hydroxylation is 1. The van der Waals surface area contributed by atoms with E-state index in [1.807, 2.05) is 6.07 Å². The zero-order chi connectivity index (χ0) is 12.4. The quantitative estimate of drug-likeness (QED) is 0.820. The van der Waals surface area contributed by atoms with Crippen LogP contribution >= 0.6 is 12.4 Å². The van der Waals surface area contributed by atoms with Crippen molar-refractivity contribution < 1.29 is 4.42 Å². The number of halogens is 1. The summed E-state index contributed by atoms with van der Waals surface area (Å²) in [7, 11) is 0. The largest absolute Gasteiger partial charge is 0.461 e. The Bertz CT molecular complexity index is 521. The molecule has 2 nitrogen and oxygen atoms in total. The molecule has 0 unspecified atom stereocenters. The summed E-state index contributed by atoms with van der Waals surface area (Å²) in [5.74, 6) is 2.20. The van der Waals surface area contributed by atoms with Crippen LogP contribution in [0.2, 0.25) is 0 Å². The second-order valence-electron chi connectivity index (χ2n) is 4.90. The van der Waals surface area contributed by atoms with Crippen LogP contribution in [0.15, 0.2) is 40.8 Å². The van der Waals surface area contributed by atoms with Crippen LogP contribution in [0.5, 0.6) is 0 Å². The van der Waals surface area contributed by atoms with E-state index in [9.17, 15) is 0 Å². The summed E-state index contributed by atoms with van der Waals surface area (Å²) in [6.45, 7) is 5.55. The Balaban J connectivity index is 0.00000133. The first-order valence-electron chi connectivity index (χ1n) is 6.76. The van der Waals surface area contributed by atoms with Gasteiger partial charge in [-0.25, -0.2) is 0 Å². The van der Waals surface area contributed by atoms with Crippen LogP contribution in [0.1, 0.15) is 24.7 Å². The fraction of sp³-hybridized carbons (Fsp3) is 0.375. The topological polar surface area (TPSA) is 16.4 Å². The van der Waals surface area contributed by atoms with Gasteiger partial charge in [-0.2, -0.15) is 0 Å². The molecule has 0 N–H and O–H groups in total. The molecule has 1 aliphatic rings. The van der Waals surface area contributed by atoms with Gasteiger partial charge in [0.2, 0.25) is 0 Å². The molecule has 0 amide bonds. The highest BCUT2D eigenvalue weighted by molar-refractivity contribution is 5.85. The number of hydrogen-bond acceptors (Lipinski definition) is 2. The highest BCUT2D eigenvalue weighted by Crippen LogP contribution is 2.28. The number of rotatable bonds is 2. The molecule has 0 spiro atoms. The summed E-state index contributed by atoms with van der Waals surface area (Å²) < 4.78 is 6.04. The van der Waals surface area contributed by atoms with Crippen molar-refractivity contribution in [1.29, 1.82) is 0 Å². The summed E-state index contributed by atoms with van der Waals surface area (Å²) in [6.07, 6.45) is 2.27. The van der Waals surface area contributed by atoms with Crippen molar-refractivity contribution in [3.05, 3.63) is 47.7 Å². The van der Waals surface area contributed by atoms with Crippen LogP contribution in [-0.4, -0.2) is 18.0 Å². The van der Waals surface area contributed by atoms with Crippen molar-refractivity contribution in [2.75, 3.05) is 13.1 Å². The minimum absolute atomic E-state index is 0. The lowest BCUT2D eigenvalue weighted by molar-refractivity contribution is 0.284. The third-order valence-electron chi connectivity index (χ3n) is 3.67. The van der Waals surface area contributed by atoms with E-state index >= 15 is 0 Å². The van der Waals surface area contributed by atoms with Gasteiger partial charge in [0.05, 0.1) is 0 Å². The molecule has 0 saturated carbocycles. The lowest BCUT2D eigenvalue weighted by atomic mass is 10.1. The standard InChI is InChI=1S/C16H19NO.ClH/c1-2-17-10-6-9-15-14(12-17)11-16(18-15)13-7-4-3-5-8-13;/h3-5,7-8,11H,2,6,9-10,12H2,1H3;1H. The van der Waals surface area contributed by atoms with Gasteiger partial charge in [-0.15, -0.1) is 12.4 Å². The van der Waals surface area contributed by atoms with Crippen LogP contribution in [0, 0.1) is 0 Å². The molecule has 0 radical (unpaired) electrons. The Hall–Kier alpha value is -1.25. The van der Waals surface area contributed by atoms with Crippen molar-refractivity contribution in [2.24, 2.45) is 0 Å². The molecule has 3 rings (SSSR count). The normalized spacial score (nSPS) is 15.4. The van der Waals surface area contributed by atoms with Crippen LogP contribution in [0.25, 0.3) is 11.3 Å². The van der Waals surface area contributed by atoms with Crippen molar-refractivity contribution in [3.8, 4) is 11.3 Å². The maximum atomic E-state index is 6.04. The van der Waals surface area contributed by atoms with Gasteiger partial charge in [0.15, 0.2) is 0 Å². The fourth-order valence-electron chi connectivity index (χ4n) is 2.61. The minimum atomic E-state index is 0. The van der Waals surface area contributed by atoms with Crippen molar-refractivity contribution in [3.63, 3.8) is 0 Å². The Morgan fingerprint density at radius 1 is 1.21 bits per heavy atom. The highest BCUT2D eigenvalue weighted by Gasteiger charge is 2.18. The third kappa shape index (κ3) is 3.02. The lowest BCUT2D eigenvalue weighted by Crippen LogP contribution is -2.22. The Morgan fingerprint density at radius 2 is 2.00 bits per heavy atom. The first-order valence-corrected chi connectivity index (χ1v) is 6.76. The number of fused-ring (bicyclic) bond motifs is 1. The number of nitrogens with zero attached hydrogens (tertiary/aromatic N) is 1. The average molecular weight is 278 g/mol. The van der Waals surface area contributed by atoms with Crippen molar-refractivity contribution in [1.82, 2.24) is 4.90 Å². The van der Waals surface area contributed by atoms with E-state index in [-0.39, 0.29) is 12.4 Å². The van der Waals surface area contributed by atoms with Crippen molar-refractivity contribution >= 4 is 12.4 Å². The van der Waals surface area contributed by atoms with Crippen LogP contribution in [0.3, 0.4) is 0 Å². The summed E-state index contributed by atoms with van der Waals surface area (Å²) in [5, 5.41) is 0. The SMILES string of the molecule is CCN1CCCc2oc(-c3ccccc3)cc2C1.Cl. The summed E-state index contributed by atoms with van der Waals surface area (Å²) in [5.41, 5.74) is 2.54. The van der Waals surface area contributed by atoms with Gasteiger partial charge in [0, 0.05) is 24.1 Å². The molecule has 1 aliphatic heterocycles. The molecule has 0 saturated heterocycles. The van der Waals surface area contributed by atoms with Gasteiger partial charge >= 0.3 is 0 Å². The number of hydrogen-bond donors (Lipinski definition) is 0. The summed E-state index contributed by atoms with van der Waals surface area (Å²) in [4.78, 5) is 2.48. The van der Waals surface area contributed by atoms with E-state index < -0.39 is 0 Å². The third-order valence-corrected chi connectivity index (χ3v) is 3.67. The van der Waals surface area contributed by atoms with E-state index in [0.717, 1.165) is 25.3 Å². The monoisotopic (exact) mass is 277 g/mol. The smallest absolute Gasteiger partial charge is 0.134 e. The summed E-state index contributed by atoms with van der Waals surface area (Å²) in [6, 6.07) is 12.6. The lowest BCUT2D eigenvalue weighted by Gasteiger charge is -2.16. The molecule has 0 atom stereocenters. The zero-order valence-corrected chi connectivity index (χ0v) is 12.1. The second-order valence-corrected chi connectivity index (χ2v) is 4.90. The second kappa shape index (κ2) is 6.27. The molecule has 2 heterocycles. The Morgan fingerprint density at radius 3 is 2.74 bits per heavy atom. The average Bonchev–Trinajstić information content (AvgIpc) is 2.72. The van der Waals surface area contributed by atoms with E-state index in [4.69, 9.17) is 4.42 Å². The van der Waals surface area contributed by atoms with Gasteiger partial charge in [-0.05, 0) is 25.6 Å². The van der Waals surface area contributed by atoms with Gasteiger partial charge < -0.3 is 4.42 Å². The first-order chi connectivity index (χ1) is 8.86. The molecule has 0 fully saturated rings. The van der Waals surface area contributed by atoms with E-state index in [0.29, 0.717) is 0 Å². The molecule has 19 heavy (non-hydrogen) atoms. The van der Waals surface area contributed by atoms with E-state index in [1.165, 1.54) is 29.9 Å². The van der Waals surface area contributed by atoms with E-state index in [2.05, 4.69) is 42.2 Å². The summed E-state index contributed by atoms with van der Waals surface area (Å²) >= 11 is 0. The molecular formula is C16H20ClNO. The van der Waals surface area contributed by atoms with E-state index in [1.54, 1.807) is 0 Å². The highest BCUT2D eigenvalue weighted by atomic mass is 35.5. The molecule has 1 aromatic carbocycles. The fourth-order valence-corrected chi connectivity index (χ4v) is 2.61. The van der Waals surface area contributed by atoms with Gasteiger partial charge in [-0.1, -0.05) is 37.3 Å². The van der Waals surface area contributed by atoms with Crippen LogP contribution in [0.4, 0.5) is 0 Å². The molecule has 1 aromatic heterocycles. The Kier molecular flexibility index (Phi) is 4.67. The predicted molar refractivity (Wildman–Crippen MR) is 80.7 cm³/mol. The molecule has 102 valence electrons. The number of benzene rings is 1. The first kappa shape index (κ1) is 14.2. The molecule has 2 aromatic rings. The minimum Gasteiger partial charge on any atom is -0.461 e. The zero-order valence-electron chi connectivity index (χ0n) is 11.3. The van der Waals surface area contributed by atoms with Crippen LogP contribution < -0.4 is 0 Å². The van der Waals surface area contributed by atoms with Gasteiger partial charge in [-0.3, -0.25) is 4.90 Å². The maximum absolute atomic E-state index is 6.04. The molecule has 0 bridgehead atoms. The molecular weight excluding hydrogens is 258 g/mol. The van der Waals surface area contributed by atoms with Gasteiger partial charge in [0.25, 0.3) is 0 Å². The van der Waals surface area contributed by atoms with Gasteiger partial charge in [0.1, 0.15) is 11.5 Å². The van der Waals surface area contributed by atoms with Crippen molar-refractivity contribution in [2.45, 2.75) is 26.3 Å².